The number of allylic oxidation sites excluding steroid dienone is 4. The minimum atomic E-state index is -0.393. The fourth-order valence-corrected chi connectivity index (χ4v) is 1.46. The van der Waals surface area contributed by atoms with Crippen LogP contribution in [0, 0.1) is 0 Å². The predicted molar refractivity (Wildman–Crippen MR) is 72.9 cm³/mol. The van der Waals surface area contributed by atoms with Gasteiger partial charge in [-0.05, 0) is 52.5 Å². The van der Waals surface area contributed by atoms with E-state index in [-0.39, 0.29) is 0 Å². The Bertz CT molecular complexity index is 311. The Kier molecular flexibility index (Phi) is 8.34. The molecule has 0 aliphatic heterocycles. The number of aldehydes is 1. The Morgan fingerprint density at radius 2 is 1.88 bits per heavy atom. The van der Waals surface area contributed by atoms with Crippen LogP contribution in [0.5, 0.6) is 0 Å². The van der Waals surface area contributed by atoms with Gasteiger partial charge in [-0.2, -0.15) is 0 Å². The van der Waals surface area contributed by atoms with E-state index in [2.05, 4.69) is 19.6 Å². The molecule has 0 amide bonds. The van der Waals surface area contributed by atoms with Crippen molar-refractivity contribution in [3.63, 3.8) is 0 Å². The quantitative estimate of drug-likeness (QED) is 0.397. The van der Waals surface area contributed by atoms with Gasteiger partial charge >= 0.3 is 0 Å². The number of hydrogen-bond donors (Lipinski definition) is 1. The summed E-state index contributed by atoms with van der Waals surface area (Å²) >= 11 is 0. The summed E-state index contributed by atoms with van der Waals surface area (Å²) in [5, 5.41) is 9.58. The topological polar surface area (TPSA) is 37.3 Å². The minimum Gasteiger partial charge on any atom is -0.389 e. The van der Waals surface area contributed by atoms with Crippen molar-refractivity contribution in [2.75, 3.05) is 0 Å². The molecule has 0 aromatic heterocycles. The van der Waals surface area contributed by atoms with E-state index in [1.54, 1.807) is 6.08 Å². The Balaban J connectivity index is 3.90. The highest BCUT2D eigenvalue weighted by molar-refractivity contribution is 5.65. The van der Waals surface area contributed by atoms with Crippen LogP contribution in [0.4, 0.5) is 0 Å². The van der Waals surface area contributed by atoms with Gasteiger partial charge in [-0.25, -0.2) is 0 Å². The van der Waals surface area contributed by atoms with Crippen molar-refractivity contribution in [2.45, 2.75) is 52.6 Å². The van der Waals surface area contributed by atoms with Crippen molar-refractivity contribution in [2.24, 2.45) is 0 Å². The van der Waals surface area contributed by atoms with E-state index in [4.69, 9.17) is 0 Å². The second kappa shape index (κ2) is 8.94. The van der Waals surface area contributed by atoms with Crippen LogP contribution < -0.4 is 0 Å². The lowest BCUT2D eigenvalue weighted by Gasteiger charge is -2.09. The Labute approximate surface area is 105 Å². The second-order valence-corrected chi connectivity index (χ2v) is 4.64. The monoisotopic (exact) mass is 236 g/mol. The molecule has 0 radical (unpaired) electrons. The van der Waals surface area contributed by atoms with Gasteiger partial charge in [0.15, 0.2) is 0 Å². The van der Waals surface area contributed by atoms with Crippen LogP contribution in [0.1, 0.15) is 46.5 Å². The standard InChI is InChI=1S/C15H24O2/c1-12(2)15(17)9-8-13(3)6-5-7-14(4)10-11-16/h6,10-11,15,17H,1,5,7-9H2,2-4H3. The zero-order valence-corrected chi connectivity index (χ0v) is 11.2. The molecule has 1 atom stereocenters. The van der Waals surface area contributed by atoms with Crippen molar-refractivity contribution < 1.29 is 9.90 Å². The molecule has 96 valence electrons. The van der Waals surface area contributed by atoms with E-state index in [1.807, 2.05) is 13.8 Å². The van der Waals surface area contributed by atoms with Gasteiger partial charge in [-0.1, -0.05) is 29.4 Å². The average Bonchev–Trinajstić information content (AvgIpc) is 2.26. The summed E-state index contributed by atoms with van der Waals surface area (Å²) in [7, 11) is 0. The lowest BCUT2D eigenvalue weighted by molar-refractivity contribution is -0.104. The third-order valence-electron chi connectivity index (χ3n) is 2.76. The summed E-state index contributed by atoms with van der Waals surface area (Å²) in [6.07, 6.45) is 7.71. The van der Waals surface area contributed by atoms with Crippen LogP contribution in [-0.2, 0) is 4.79 Å². The molecule has 0 heterocycles. The lowest BCUT2D eigenvalue weighted by atomic mass is 10.0. The van der Waals surface area contributed by atoms with Crippen molar-refractivity contribution in [3.05, 3.63) is 35.5 Å². The van der Waals surface area contributed by atoms with Crippen molar-refractivity contribution in [1.29, 1.82) is 0 Å². The van der Waals surface area contributed by atoms with Crippen molar-refractivity contribution in [1.82, 2.24) is 0 Å². The van der Waals surface area contributed by atoms with E-state index in [1.165, 1.54) is 5.57 Å². The molecular weight excluding hydrogens is 212 g/mol. The number of rotatable bonds is 8. The molecule has 1 unspecified atom stereocenters. The van der Waals surface area contributed by atoms with Crippen LogP contribution in [0.25, 0.3) is 0 Å². The third kappa shape index (κ3) is 8.64. The molecule has 0 saturated heterocycles. The molecule has 2 heteroatoms. The molecule has 0 aliphatic rings. The molecule has 17 heavy (non-hydrogen) atoms. The average molecular weight is 236 g/mol. The van der Waals surface area contributed by atoms with E-state index in [0.717, 1.165) is 43.1 Å². The molecule has 0 aromatic carbocycles. The maximum absolute atomic E-state index is 10.2. The highest BCUT2D eigenvalue weighted by Gasteiger charge is 2.03. The normalized spacial score (nSPS) is 14.6. The fraction of sp³-hybridized carbons (Fsp3) is 0.533. The molecule has 0 spiro atoms. The van der Waals surface area contributed by atoms with Crippen molar-refractivity contribution >= 4 is 6.29 Å². The predicted octanol–water partition coefficient (Wildman–Crippen LogP) is 3.58. The Morgan fingerprint density at radius 3 is 2.41 bits per heavy atom. The number of aliphatic hydroxyl groups excluding tert-OH is 1. The summed E-state index contributed by atoms with van der Waals surface area (Å²) in [6.45, 7) is 9.61. The zero-order chi connectivity index (χ0) is 13.3. The van der Waals surface area contributed by atoms with Gasteiger partial charge in [-0.15, -0.1) is 0 Å². The van der Waals surface area contributed by atoms with Gasteiger partial charge in [0.2, 0.25) is 0 Å². The Morgan fingerprint density at radius 1 is 1.24 bits per heavy atom. The maximum Gasteiger partial charge on any atom is 0.142 e. The van der Waals surface area contributed by atoms with Gasteiger partial charge in [-0.3, -0.25) is 4.79 Å². The zero-order valence-electron chi connectivity index (χ0n) is 11.2. The first-order valence-electron chi connectivity index (χ1n) is 6.07. The van der Waals surface area contributed by atoms with Crippen LogP contribution in [-0.4, -0.2) is 17.5 Å². The van der Waals surface area contributed by atoms with Crippen LogP contribution in [0.3, 0.4) is 0 Å². The minimum absolute atomic E-state index is 0.393. The fourth-order valence-electron chi connectivity index (χ4n) is 1.46. The first kappa shape index (κ1) is 15.9. The third-order valence-corrected chi connectivity index (χ3v) is 2.76. The molecular formula is C15H24O2. The highest BCUT2D eigenvalue weighted by Crippen LogP contribution is 2.13. The molecule has 0 bridgehead atoms. The molecule has 2 nitrogen and oxygen atoms in total. The SMILES string of the molecule is C=C(C)C(O)CCC(C)=CCCC(C)=CC=O. The molecule has 0 aliphatic carbocycles. The van der Waals surface area contributed by atoms with E-state index >= 15 is 0 Å². The summed E-state index contributed by atoms with van der Waals surface area (Å²) in [6, 6.07) is 0. The number of aliphatic hydroxyl groups is 1. The summed E-state index contributed by atoms with van der Waals surface area (Å²) in [5.41, 5.74) is 3.21. The van der Waals surface area contributed by atoms with Gasteiger partial charge in [0, 0.05) is 0 Å². The second-order valence-electron chi connectivity index (χ2n) is 4.64. The summed E-state index contributed by atoms with van der Waals surface area (Å²) in [4.78, 5) is 10.2. The largest absolute Gasteiger partial charge is 0.389 e. The van der Waals surface area contributed by atoms with Crippen LogP contribution in [0.15, 0.2) is 35.5 Å². The van der Waals surface area contributed by atoms with Gasteiger partial charge in [0.1, 0.15) is 6.29 Å². The van der Waals surface area contributed by atoms with Crippen LogP contribution in [0.2, 0.25) is 0 Å². The smallest absolute Gasteiger partial charge is 0.142 e. The van der Waals surface area contributed by atoms with E-state index in [9.17, 15) is 9.90 Å². The van der Waals surface area contributed by atoms with Gasteiger partial charge < -0.3 is 5.11 Å². The highest BCUT2D eigenvalue weighted by atomic mass is 16.3. The van der Waals surface area contributed by atoms with Gasteiger partial charge in [0.25, 0.3) is 0 Å². The maximum atomic E-state index is 10.2. The Hall–Kier alpha value is -1.15. The summed E-state index contributed by atoms with van der Waals surface area (Å²) in [5.74, 6) is 0. The first-order valence-corrected chi connectivity index (χ1v) is 6.07. The number of carbonyl (C=O) groups is 1. The number of hydrogen-bond acceptors (Lipinski definition) is 2. The van der Waals surface area contributed by atoms with E-state index < -0.39 is 6.10 Å². The van der Waals surface area contributed by atoms with E-state index in [0.29, 0.717) is 0 Å². The molecule has 1 N–H and O–H groups in total. The van der Waals surface area contributed by atoms with Crippen molar-refractivity contribution in [3.8, 4) is 0 Å². The van der Waals surface area contributed by atoms with Gasteiger partial charge in [0.05, 0.1) is 6.10 Å². The number of carbonyl (C=O) groups excluding carboxylic acids is 1. The van der Waals surface area contributed by atoms with Crippen LogP contribution >= 0.6 is 0 Å². The molecule has 0 fully saturated rings. The molecule has 0 aromatic rings. The first-order chi connectivity index (χ1) is 7.97. The molecule has 0 rings (SSSR count). The molecule has 0 saturated carbocycles. The lowest BCUT2D eigenvalue weighted by Crippen LogP contribution is -2.06. The summed E-state index contributed by atoms with van der Waals surface area (Å²) < 4.78 is 0.